The fourth-order valence-corrected chi connectivity index (χ4v) is 2.29. The van der Waals surface area contributed by atoms with Crippen molar-refractivity contribution in [3.05, 3.63) is 63.4 Å². The first-order valence-electron chi connectivity index (χ1n) is 6.13. The van der Waals surface area contributed by atoms with Crippen LogP contribution in [0.1, 0.15) is 16.7 Å². The van der Waals surface area contributed by atoms with Gasteiger partial charge in [0.05, 0.1) is 5.56 Å². The summed E-state index contributed by atoms with van der Waals surface area (Å²) in [6.07, 6.45) is -4.46. The van der Waals surface area contributed by atoms with Gasteiger partial charge in [-0.2, -0.15) is 13.2 Å². The van der Waals surface area contributed by atoms with Gasteiger partial charge in [0.1, 0.15) is 5.82 Å². The van der Waals surface area contributed by atoms with Gasteiger partial charge >= 0.3 is 6.18 Å². The molecule has 2 aromatic rings. The second-order valence-corrected chi connectivity index (χ2v) is 5.53. The lowest BCUT2D eigenvalue weighted by Crippen LogP contribution is -2.11. The monoisotopic (exact) mass is 361 g/mol. The van der Waals surface area contributed by atoms with E-state index in [2.05, 4.69) is 21.2 Å². The molecule has 1 nitrogen and oxygen atoms in total. The lowest BCUT2D eigenvalue weighted by atomic mass is 10.1. The van der Waals surface area contributed by atoms with Crippen molar-refractivity contribution >= 4 is 21.6 Å². The third kappa shape index (κ3) is 3.97. The number of anilines is 1. The number of hydrogen-bond acceptors (Lipinski definition) is 1. The van der Waals surface area contributed by atoms with E-state index in [0.29, 0.717) is 10.0 Å². The maximum atomic E-state index is 13.2. The van der Waals surface area contributed by atoms with Crippen LogP contribution in [0.3, 0.4) is 0 Å². The third-order valence-corrected chi connectivity index (χ3v) is 3.56. The molecule has 0 aliphatic heterocycles. The van der Waals surface area contributed by atoms with Crippen LogP contribution >= 0.6 is 15.9 Å². The summed E-state index contributed by atoms with van der Waals surface area (Å²) >= 11 is 3.03. The maximum absolute atomic E-state index is 13.2. The minimum Gasteiger partial charge on any atom is -0.380 e. The molecular formula is C15H12BrF4N. The quantitative estimate of drug-likeness (QED) is 0.709. The van der Waals surface area contributed by atoms with Crippen LogP contribution in [0.15, 0.2) is 40.9 Å². The van der Waals surface area contributed by atoms with Gasteiger partial charge in [-0.1, -0.05) is 22.0 Å². The molecule has 0 fully saturated rings. The Bertz CT molecular complexity index is 653. The van der Waals surface area contributed by atoms with E-state index in [-0.39, 0.29) is 12.2 Å². The van der Waals surface area contributed by atoms with E-state index >= 15 is 0 Å². The van der Waals surface area contributed by atoms with Gasteiger partial charge in [-0.05, 0) is 48.4 Å². The van der Waals surface area contributed by atoms with Gasteiger partial charge in [0.2, 0.25) is 0 Å². The number of halogens is 5. The average Bonchev–Trinajstić information content (AvgIpc) is 2.40. The number of hydrogen-bond donors (Lipinski definition) is 1. The molecule has 6 heteroatoms. The molecule has 1 N–H and O–H groups in total. The van der Waals surface area contributed by atoms with Crippen LogP contribution < -0.4 is 5.32 Å². The highest BCUT2D eigenvalue weighted by atomic mass is 79.9. The van der Waals surface area contributed by atoms with Crippen molar-refractivity contribution in [2.24, 2.45) is 0 Å². The Morgan fingerprint density at radius 3 is 2.48 bits per heavy atom. The molecule has 2 aromatic carbocycles. The van der Waals surface area contributed by atoms with Crippen LogP contribution in [-0.4, -0.2) is 0 Å². The molecule has 21 heavy (non-hydrogen) atoms. The van der Waals surface area contributed by atoms with E-state index in [1.54, 1.807) is 13.0 Å². The topological polar surface area (TPSA) is 12.0 Å². The molecule has 0 bridgehead atoms. The Morgan fingerprint density at radius 1 is 1.10 bits per heavy atom. The summed E-state index contributed by atoms with van der Waals surface area (Å²) in [5.41, 5.74) is 0.640. The summed E-state index contributed by atoms with van der Waals surface area (Å²) in [6.45, 7) is 1.90. The summed E-state index contributed by atoms with van der Waals surface area (Å²) in [6, 6.07) is 8.12. The first-order valence-corrected chi connectivity index (χ1v) is 6.92. The van der Waals surface area contributed by atoms with Crippen molar-refractivity contribution in [2.45, 2.75) is 19.6 Å². The molecule has 0 aliphatic rings. The van der Waals surface area contributed by atoms with Crippen molar-refractivity contribution in [1.82, 2.24) is 0 Å². The summed E-state index contributed by atoms with van der Waals surface area (Å²) in [5, 5.41) is 2.72. The Kier molecular flexibility index (Phi) is 4.56. The number of benzene rings is 2. The zero-order chi connectivity index (χ0) is 15.6. The van der Waals surface area contributed by atoms with E-state index in [1.165, 1.54) is 24.3 Å². The smallest absolute Gasteiger partial charge is 0.380 e. The highest BCUT2D eigenvalue weighted by molar-refractivity contribution is 9.10. The minimum absolute atomic E-state index is 0.0330. The Labute approximate surface area is 128 Å². The standard InChI is InChI=1S/C15H12BrF4N/c1-9-2-4-12(17)6-10(9)8-21-14-5-3-11(16)7-13(14)15(18,19)20/h2-7,21H,8H2,1H3. The van der Waals surface area contributed by atoms with Crippen LogP contribution in [-0.2, 0) is 12.7 Å². The van der Waals surface area contributed by atoms with Crippen molar-refractivity contribution in [3.8, 4) is 0 Å². The highest BCUT2D eigenvalue weighted by Gasteiger charge is 2.33. The summed E-state index contributed by atoms with van der Waals surface area (Å²) in [4.78, 5) is 0. The Morgan fingerprint density at radius 2 is 1.81 bits per heavy atom. The second kappa shape index (κ2) is 6.05. The van der Waals surface area contributed by atoms with E-state index in [0.717, 1.165) is 11.6 Å². The first kappa shape index (κ1) is 15.8. The number of nitrogens with one attached hydrogen (secondary N) is 1. The molecule has 0 aliphatic carbocycles. The van der Waals surface area contributed by atoms with Gasteiger partial charge in [-0.25, -0.2) is 4.39 Å². The predicted octanol–water partition coefficient (Wildman–Crippen LogP) is 5.53. The molecule has 0 saturated carbocycles. The van der Waals surface area contributed by atoms with Gasteiger partial charge in [0.25, 0.3) is 0 Å². The highest BCUT2D eigenvalue weighted by Crippen LogP contribution is 2.36. The molecule has 112 valence electrons. The normalized spacial score (nSPS) is 11.5. The minimum atomic E-state index is -4.46. The average molecular weight is 362 g/mol. The van der Waals surface area contributed by atoms with E-state index in [1.807, 2.05) is 0 Å². The van der Waals surface area contributed by atoms with Crippen molar-refractivity contribution in [3.63, 3.8) is 0 Å². The van der Waals surface area contributed by atoms with Gasteiger partial charge in [0, 0.05) is 16.7 Å². The molecular weight excluding hydrogens is 350 g/mol. The molecule has 0 radical (unpaired) electrons. The molecule has 0 atom stereocenters. The molecule has 0 heterocycles. The summed E-state index contributed by atoms with van der Waals surface area (Å²) < 4.78 is 52.5. The van der Waals surface area contributed by atoms with Gasteiger partial charge < -0.3 is 5.32 Å². The van der Waals surface area contributed by atoms with Crippen LogP contribution in [0.4, 0.5) is 23.2 Å². The lowest BCUT2D eigenvalue weighted by molar-refractivity contribution is -0.137. The van der Waals surface area contributed by atoms with Crippen molar-refractivity contribution in [2.75, 3.05) is 5.32 Å². The van der Waals surface area contributed by atoms with E-state index in [4.69, 9.17) is 0 Å². The SMILES string of the molecule is Cc1ccc(F)cc1CNc1ccc(Br)cc1C(F)(F)F. The van der Waals surface area contributed by atoms with Crippen molar-refractivity contribution in [1.29, 1.82) is 0 Å². The fourth-order valence-electron chi connectivity index (χ4n) is 1.93. The molecule has 2 rings (SSSR count). The summed E-state index contributed by atoms with van der Waals surface area (Å²) in [7, 11) is 0. The maximum Gasteiger partial charge on any atom is 0.418 e. The molecule has 0 amide bonds. The van der Waals surface area contributed by atoms with E-state index < -0.39 is 17.6 Å². The number of alkyl halides is 3. The van der Waals surface area contributed by atoms with E-state index in [9.17, 15) is 17.6 Å². The zero-order valence-corrected chi connectivity index (χ0v) is 12.6. The first-order chi connectivity index (χ1) is 9.77. The van der Waals surface area contributed by atoms with Crippen molar-refractivity contribution < 1.29 is 17.6 Å². The lowest BCUT2D eigenvalue weighted by Gasteiger charge is -2.16. The van der Waals surface area contributed by atoms with Gasteiger partial charge in [-0.3, -0.25) is 0 Å². The number of aryl methyl sites for hydroxylation is 1. The van der Waals surface area contributed by atoms with Crippen LogP contribution in [0.2, 0.25) is 0 Å². The largest absolute Gasteiger partial charge is 0.418 e. The summed E-state index contributed by atoms with van der Waals surface area (Å²) in [5.74, 6) is -0.413. The Hall–Kier alpha value is -1.56. The van der Waals surface area contributed by atoms with Crippen LogP contribution in [0, 0.1) is 12.7 Å². The molecule has 0 aromatic heterocycles. The van der Waals surface area contributed by atoms with Gasteiger partial charge in [0.15, 0.2) is 0 Å². The third-order valence-electron chi connectivity index (χ3n) is 3.07. The van der Waals surface area contributed by atoms with Crippen LogP contribution in [0.5, 0.6) is 0 Å². The molecule has 0 spiro atoms. The molecule has 0 unspecified atom stereocenters. The van der Waals surface area contributed by atoms with Gasteiger partial charge in [-0.15, -0.1) is 0 Å². The fraction of sp³-hybridized carbons (Fsp3) is 0.200. The predicted molar refractivity (Wildman–Crippen MR) is 77.6 cm³/mol. The second-order valence-electron chi connectivity index (χ2n) is 4.61. The zero-order valence-electron chi connectivity index (χ0n) is 11.1. The Balaban J connectivity index is 2.26. The van der Waals surface area contributed by atoms with Crippen LogP contribution in [0.25, 0.3) is 0 Å². The number of rotatable bonds is 3. The molecule has 0 saturated heterocycles.